The second kappa shape index (κ2) is 3.36. The van der Waals surface area contributed by atoms with E-state index in [2.05, 4.69) is 0 Å². The minimum Gasteiger partial charge on any atom is -0.207 e. The normalized spacial score (nSPS) is 12.1. The van der Waals surface area contributed by atoms with Crippen molar-refractivity contribution in [2.75, 3.05) is 0 Å². The van der Waals surface area contributed by atoms with Crippen LogP contribution >= 0.6 is 11.6 Å². The third-order valence-corrected chi connectivity index (χ3v) is 1.63. The van der Waals surface area contributed by atoms with Crippen molar-refractivity contribution in [2.24, 2.45) is 0 Å². The molecule has 0 fully saturated rings. The van der Waals surface area contributed by atoms with E-state index in [4.69, 9.17) is 16.9 Å². The molecule has 0 aliphatic rings. The second-order valence-corrected chi connectivity index (χ2v) is 2.48. The molecule has 1 aromatic rings. The van der Waals surface area contributed by atoms with Crippen molar-refractivity contribution in [2.45, 2.75) is 5.38 Å². The van der Waals surface area contributed by atoms with Crippen molar-refractivity contribution in [1.29, 1.82) is 5.26 Å². The molecule has 0 heterocycles. The largest absolute Gasteiger partial charge is 0.207 e. The monoisotopic (exact) mass is 169 g/mol. The van der Waals surface area contributed by atoms with Crippen LogP contribution in [-0.4, -0.2) is 0 Å². The predicted octanol–water partition coefficient (Wildman–Crippen LogP) is 2.63. The molecule has 1 nitrogen and oxygen atoms in total. The summed E-state index contributed by atoms with van der Waals surface area (Å²) in [6, 6.07) is 7.40. The Labute approximate surface area is 69.0 Å². The molecule has 0 bridgehead atoms. The van der Waals surface area contributed by atoms with Crippen molar-refractivity contribution in [3.63, 3.8) is 0 Å². The third kappa shape index (κ3) is 1.92. The van der Waals surface area contributed by atoms with Gasteiger partial charge in [-0.25, -0.2) is 4.39 Å². The van der Waals surface area contributed by atoms with Crippen LogP contribution in [0.5, 0.6) is 0 Å². The summed E-state index contributed by atoms with van der Waals surface area (Å²) in [5.41, 5.74) is 0.621. The zero-order chi connectivity index (χ0) is 8.27. The lowest BCUT2D eigenvalue weighted by Crippen LogP contribution is -1.85. The van der Waals surface area contributed by atoms with E-state index in [1.807, 2.05) is 6.07 Å². The van der Waals surface area contributed by atoms with E-state index < -0.39 is 5.38 Å². The molecule has 0 saturated heterocycles. The molecular formula is C8H5ClFN. The number of alkyl halides is 1. The number of rotatable bonds is 1. The van der Waals surface area contributed by atoms with Gasteiger partial charge < -0.3 is 0 Å². The SMILES string of the molecule is N#C[C@H](Cl)c1ccc(F)cc1. The predicted molar refractivity (Wildman–Crippen MR) is 40.6 cm³/mol. The molecule has 1 aromatic carbocycles. The lowest BCUT2D eigenvalue weighted by atomic mass is 10.2. The summed E-state index contributed by atoms with van der Waals surface area (Å²) < 4.78 is 12.3. The highest BCUT2D eigenvalue weighted by molar-refractivity contribution is 6.22. The van der Waals surface area contributed by atoms with Crippen molar-refractivity contribution >= 4 is 11.6 Å². The molecule has 11 heavy (non-hydrogen) atoms. The molecule has 1 rings (SSSR count). The maximum Gasteiger partial charge on any atom is 0.145 e. The Balaban J connectivity index is 2.92. The van der Waals surface area contributed by atoms with Crippen LogP contribution in [0.15, 0.2) is 24.3 Å². The van der Waals surface area contributed by atoms with Crippen LogP contribution < -0.4 is 0 Å². The van der Waals surface area contributed by atoms with Gasteiger partial charge in [-0.2, -0.15) is 5.26 Å². The summed E-state index contributed by atoms with van der Waals surface area (Å²) in [5, 5.41) is 7.70. The third-order valence-electron chi connectivity index (χ3n) is 1.28. The lowest BCUT2D eigenvalue weighted by molar-refractivity contribution is 0.627. The van der Waals surface area contributed by atoms with E-state index in [9.17, 15) is 4.39 Å². The van der Waals surface area contributed by atoms with Crippen LogP contribution in [0.4, 0.5) is 4.39 Å². The molecule has 56 valence electrons. The van der Waals surface area contributed by atoms with Crippen LogP contribution in [0.2, 0.25) is 0 Å². The van der Waals surface area contributed by atoms with Gasteiger partial charge in [-0.3, -0.25) is 0 Å². The quantitative estimate of drug-likeness (QED) is 0.593. The van der Waals surface area contributed by atoms with Crippen molar-refractivity contribution in [3.8, 4) is 6.07 Å². The molecule has 0 aromatic heterocycles. The smallest absolute Gasteiger partial charge is 0.145 e. The highest BCUT2D eigenvalue weighted by Crippen LogP contribution is 2.18. The first-order chi connectivity index (χ1) is 5.24. The molecule has 0 aliphatic heterocycles. The van der Waals surface area contributed by atoms with E-state index in [1.54, 1.807) is 0 Å². The zero-order valence-electron chi connectivity index (χ0n) is 5.59. The van der Waals surface area contributed by atoms with Gasteiger partial charge in [0.2, 0.25) is 0 Å². The molecule has 3 heteroatoms. The van der Waals surface area contributed by atoms with Gasteiger partial charge in [-0.05, 0) is 17.7 Å². The molecule has 1 atom stereocenters. The molecule has 0 saturated carbocycles. The summed E-state index contributed by atoms with van der Waals surface area (Å²) in [5.74, 6) is -0.324. The lowest BCUT2D eigenvalue weighted by Gasteiger charge is -1.98. The average molecular weight is 170 g/mol. The highest BCUT2D eigenvalue weighted by atomic mass is 35.5. The summed E-state index contributed by atoms with van der Waals surface area (Å²) in [6.07, 6.45) is 0. The second-order valence-electron chi connectivity index (χ2n) is 2.04. The summed E-state index contributed by atoms with van der Waals surface area (Å²) >= 11 is 5.56. The van der Waals surface area contributed by atoms with E-state index in [0.717, 1.165) is 0 Å². The number of halogens is 2. The molecule has 0 amide bonds. The fourth-order valence-corrected chi connectivity index (χ4v) is 0.852. The molecule has 0 spiro atoms. The van der Waals surface area contributed by atoms with Crippen LogP contribution in [0, 0.1) is 17.1 Å². The summed E-state index contributed by atoms with van der Waals surface area (Å²) in [4.78, 5) is 0. The van der Waals surface area contributed by atoms with Crippen molar-refractivity contribution in [1.82, 2.24) is 0 Å². The molecule has 0 aliphatic carbocycles. The van der Waals surface area contributed by atoms with Crippen LogP contribution in [0.25, 0.3) is 0 Å². The first kappa shape index (κ1) is 8.03. The maximum absolute atomic E-state index is 12.3. The molecule has 0 radical (unpaired) electrons. The summed E-state index contributed by atoms with van der Waals surface area (Å²) in [6.45, 7) is 0. The maximum atomic E-state index is 12.3. The Morgan fingerprint density at radius 2 is 1.91 bits per heavy atom. The highest BCUT2D eigenvalue weighted by Gasteiger charge is 2.04. The Morgan fingerprint density at radius 1 is 1.36 bits per heavy atom. The van der Waals surface area contributed by atoms with E-state index in [1.165, 1.54) is 24.3 Å². The van der Waals surface area contributed by atoms with Gasteiger partial charge in [0.15, 0.2) is 0 Å². The molecular weight excluding hydrogens is 165 g/mol. The number of hydrogen-bond acceptors (Lipinski definition) is 1. The first-order valence-electron chi connectivity index (χ1n) is 3.03. The number of nitrogens with zero attached hydrogens (tertiary/aromatic N) is 1. The van der Waals surface area contributed by atoms with Crippen LogP contribution in [-0.2, 0) is 0 Å². The van der Waals surface area contributed by atoms with Gasteiger partial charge in [-0.15, -0.1) is 11.6 Å². The zero-order valence-corrected chi connectivity index (χ0v) is 6.35. The minimum atomic E-state index is -0.685. The van der Waals surface area contributed by atoms with Crippen molar-refractivity contribution in [3.05, 3.63) is 35.6 Å². The van der Waals surface area contributed by atoms with Crippen LogP contribution in [0.3, 0.4) is 0 Å². The van der Waals surface area contributed by atoms with E-state index >= 15 is 0 Å². The van der Waals surface area contributed by atoms with Crippen molar-refractivity contribution < 1.29 is 4.39 Å². The van der Waals surface area contributed by atoms with Crippen LogP contribution in [0.1, 0.15) is 10.9 Å². The first-order valence-corrected chi connectivity index (χ1v) is 3.47. The minimum absolute atomic E-state index is 0.324. The Kier molecular flexibility index (Phi) is 2.45. The van der Waals surface area contributed by atoms with Gasteiger partial charge in [0.05, 0.1) is 6.07 Å². The Bertz CT molecular complexity index is 275. The molecule has 0 N–H and O–H groups in total. The van der Waals surface area contributed by atoms with Gasteiger partial charge >= 0.3 is 0 Å². The fraction of sp³-hybridized carbons (Fsp3) is 0.125. The number of nitriles is 1. The number of benzene rings is 1. The van der Waals surface area contributed by atoms with Gasteiger partial charge in [0, 0.05) is 0 Å². The summed E-state index contributed by atoms with van der Waals surface area (Å²) in [7, 11) is 0. The Hall–Kier alpha value is -1.07. The van der Waals surface area contributed by atoms with Gasteiger partial charge in [-0.1, -0.05) is 12.1 Å². The van der Waals surface area contributed by atoms with E-state index in [0.29, 0.717) is 5.56 Å². The topological polar surface area (TPSA) is 23.8 Å². The average Bonchev–Trinajstić information content (AvgIpc) is 2.05. The fourth-order valence-electron chi connectivity index (χ4n) is 0.706. The molecule has 0 unspecified atom stereocenters. The van der Waals surface area contributed by atoms with Gasteiger partial charge in [0.25, 0.3) is 0 Å². The standard InChI is InChI=1S/C8H5ClFN/c9-8(5-11)6-1-3-7(10)4-2-6/h1-4,8H/t8-/m0/s1. The van der Waals surface area contributed by atoms with E-state index in [-0.39, 0.29) is 5.82 Å². The number of hydrogen-bond donors (Lipinski definition) is 0. The Morgan fingerprint density at radius 3 is 2.36 bits per heavy atom. The van der Waals surface area contributed by atoms with Gasteiger partial charge in [0.1, 0.15) is 11.2 Å².